The Balaban J connectivity index is 1.59. The van der Waals surface area contributed by atoms with E-state index in [0.717, 1.165) is 42.8 Å². The lowest BCUT2D eigenvalue weighted by Crippen LogP contribution is -2.33. The third kappa shape index (κ3) is 3.40. The summed E-state index contributed by atoms with van der Waals surface area (Å²) in [5.74, 6) is 1.34. The van der Waals surface area contributed by atoms with E-state index in [2.05, 4.69) is 37.9 Å². The number of ether oxygens (including phenoxy) is 2. The summed E-state index contributed by atoms with van der Waals surface area (Å²) >= 11 is 7.13. The zero-order valence-electron chi connectivity index (χ0n) is 16.0. The molecule has 2 atom stereocenters. The molecule has 0 aliphatic carbocycles. The van der Waals surface area contributed by atoms with Crippen molar-refractivity contribution in [3.8, 4) is 11.5 Å². The molecule has 2 heterocycles. The fraction of sp³-hybridized carbons (Fsp3) is 0.174. The average molecular weight is 532 g/mol. The summed E-state index contributed by atoms with van der Waals surface area (Å²) in [6.07, 6.45) is 0.329. The molecule has 7 heteroatoms. The Kier molecular flexibility index (Phi) is 5.03. The van der Waals surface area contributed by atoms with Crippen molar-refractivity contribution in [3.63, 3.8) is 0 Å². The smallest absolute Gasteiger partial charge is 0.213 e. The molecule has 0 amide bonds. The number of fused-ring (bicyclic) bond motifs is 3. The highest BCUT2D eigenvalue weighted by Gasteiger charge is 2.41. The number of rotatable bonds is 3. The summed E-state index contributed by atoms with van der Waals surface area (Å²) in [6, 6.07) is 18.4. The molecule has 0 radical (unpaired) electrons. The van der Waals surface area contributed by atoms with Gasteiger partial charge in [0.2, 0.25) is 6.23 Å². The molecule has 0 unspecified atom stereocenters. The fourth-order valence-electron chi connectivity index (χ4n) is 3.93. The summed E-state index contributed by atoms with van der Waals surface area (Å²) in [5, 5.41) is 6.91. The standard InChI is InChI=1S/C23H17Br2FN2O2/c1-29-22-8-4-14(10-18(22)25)23-28-20(17-11-15(24)5-9-21(17)30-23)12-19(27-28)13-2-6-16(26)7-3-13/h2-11,20,23H,12H2,1H3/t20-,23+/m0/s1. The molecule has 0 bridgehead atoms. The Labute approximate surface area is 190 Å². The fourth-order valence-corrected chi connectivity index (χ4v) is 4.87. The molecule has 0 spiro atoms. The first kappa shape index (κ1) is 19.6. The van der Waals surface area contributed by atoms with Gasteiger partial charge in [-0.1, -0.05) is 28.1 Å². The molecule has 5 rings (SSSR count). The van der Waals surface area contributed by atoms with Crippen LogP contribution < -0.4 is 9.47 Å². The minimum atomic E-state index is -0.385. The molecule has 152 valence electrons. The second-order valence-electron chi connectivity index (χ2n) is 7.20. The maximum atomic E-state index is 13.4. The quantitative estimate of drug-likeness (QED) is 0.381. The average Bonchev–Trinajstić information content (AvgIpc) is 3.19. The van der Waals surface area contributed by atoms with E-state index in [0.29, 0.717) is 6.42 Å². The highest BCUT2D eigenvalue weighted by atomic mass is 79.9. The molecule has 3 aromatic rings. The van der Waals surface area contributed by atoms with Gasteiger partial charge in [0.25, 0.3) is 0 Å². The number of methoxy groups -OCH3 is 1. The highest BCUT2D eigenvalue weighted by Crippen LogP contribution is 2.48. The van der Waals surface area contributed by atoms with Gasteiger partial charge in [-0.05, 0) is 70.0 Å². The van der Waals surface area contributed by atoms with Crippen LogP contribution in [-0.4, -0.2) is 17.8 Å². The molecular formula is C23H17Br2FN2O2. The van der Waals surface area contributed by atoms with Crippen LogP contribution in [0.5, 0.6) is 11.5 Å². The molecule has 0 saturated heterocycles. The van der Waals surface area contributed by atoms with E-state index in [1.165, 1.54) is 12.1 Å². The van der Waals surface area contributed by atoms with Crippen LogP contribution in [0.1, 0.15) is 35.4 Å². The van der Waals surface area contributed by atoms with Gasteiger partial charge in [0.1, 0.15) is 17.3 Å². The van der Waals surface area contributed by atoms with Crippen molar-refractivity contribution in [3.05, 3.63) is 92.1 Å². The third-order valence-corrected chi connectivity index (χ3v) is 6.50. The van der Waals surface area contributed by atoms with Crippen molar-refractivity contribution in [2.24, 2.45) is 5.10 Å². The van der Waals surface area contributed by atoms with Crippen LogP contribution in [0, 0.1) is 5.82 Å². The maximum absolute atomic E-state index is 13.4. The van der Waals surface area contributed by atoms with Crippen LogP contribution in [0.3, 0.4) is 0 Å². The van der Waals surface area contributed by atoms with Crippen LogP contribution in [0.25, 0.3) is 0 Å². The predicted molar refractivity (Wildman–Crippen MR) is 120 cm³/mol. The van der Waals surface area contributed by atoms with E-state index in [4.69, 9.17) is 14.6 Å². The van der Waals surface area contributed by atoms with Gasteiger partial charge in [0.05, 0.1) is 23.3 Å². The second kappa shape index (κ2) is 7.71. The number of hydrazone groups is 1. The van der Waals surface area contributed by atoms with Crippen molar-refractivity contribution in [1.29, 1.82) is 0 Å². The van der Waals surface area contributed by atoms with Gasteiger partial charge in [0.15, 0.2) is 0 Å². The van der Waals surface area contributed by atoms with E-state index in [-0.39, 0.29) is 18.1 Å². The van der Waals surface area contributed by atoms with Crippen molar-refractivity contribution in [2.45, 2.75) is 18.7 Å². The Morgan fingerprint density at radius 3 is 2.60 bits per heavy atom. The van der Waals surface area contributed by atoms with Gasteiger partial charge >= 0.3 is 0 Å². The van der Waals surface area contributed by atoms with Gasteiger partial charge in [-0.25, -0.2) is 9.40 Å². The van der Waals surface area contributed by atoms with Crippen molar-refractivity contribution < 1.29 is 13.9 Å². The molecule has 2 aliphatic heterocycles. The molecule has 0 N–H and O–H groups in total. The Morgan fingerprint density at radius 1 is 1.07 bits per heavy atom. The van der Waals surface area contributed by atoms with E-state index in [1.807, 2.05) is 35.3 Å². The van der Waals surface area contributed by atoms with Crippen LogP contribution in [-0.2, 0) is 0 Å². The van der Waals surface area contributed by atoms with Crippen LogP contribution >= 0.6 is 31.9 Å². The predicted octanol–water partition coefficient (Wildman–Crippen LogP) is 6.60. The van der Waals surface area contributed by atoms with Gasteiger partial charge < -0.3 is 9.47 Å². The van der Waals surface area contributed by atoms with E-state index >= 15 is 0 Å². The molecule has 2 aliphatic rings. The molecule has 0 aromatic heterocycles. The zero-order chi connectivity index (χ0) is 20.8. The summed E-state index contributed by atoms with van der Waals surface area (Å²) in [4.78, 5) is 0. The summed E-state index contributed by atoms with van der Waals surface area (Å²) in [5.41, 5.74) is 3.87. The zero-order valence-corrected chi connectivity index (χ0v) is 19.2. The van der Waals surface area contributed by atoms with Gasteiger partial charge in [0, 0.05) is 22.0 Å². The van der Waals surface area contributed by atoms with E-state index in [1.54, 1.807) is 19.2 Å². The number of halogens is 3. The van der Waals surface area contributed by atoms with E-state index < -0.39 is 0 Å². The monoisotopic (exact) mass is 530 g/mol. The molecule has 30 heavy (non-hydrogen) atoms. The van der Waals surface area contributed by atoms with Crippen LogP contribution in [0.2, 0.25) is 0 Å². The van der Waals surface area contributed by atoms with Gasteiger partial charge in [-0.15, -0.1) is 0 Å². The van der Waals surface area contributed by atoms with Crippen molar-refractivity contribution in [2.75, 3.05) is 7.11 Å². The Morgan fingerprint density at radius 2 is 1.87 bits per heavy atom. The first-order valence-electron chi connectivity index (χ1n) is 9.45. The molecule has 4 nitrogen and oxygen atoms in total. The first-order chi connectivity index (χ1) is 14.5. The van der Waals surface area contributed by atoms with Crippen molar-refractivity contribution >= 4 is 37.6 Å². The Bertz CT molecular complexity index is 1150. The number of benzene rings is 3. The van der Waals surface area contributed by atoms with Crippen molar-refractivity contribution in [1.82, 2.24) is 5.01 Å². The molecule has 0 fully saturated rings. The molecular weight excluding hydrogens is 515 g/mol. The van der Waals surface area contributed by atoms with Gasteiger partial charge in [-0.3, -0.25) is 0 Å². The summed E-state index contributed by atoms with van der Waals surface area (Å²) < 4.78 is 27.0. The second-order valence-corrected chi connectivity index (χ2v) is 8.97. The lowest BCUT2D eigenvalue weighted by atomic mass is 9.96. The lowest BCUT2D eigenvalue weighted by Gasteiger charge is -2.38. The molecule has 3 aromatic carbocycles. The number of hydrogen-bond donors (Lipinski definition) is 0. The SMILES string of the molecule is COc1ccc([C@H]2Oc3ccc(Br)cc3[C@@H]3CC(c4ccc(F)cc4)=NN23)cc1Br. The Hall–Kier alpha value is -2.38. The topological polar surface area (TPSA) is 34.1 Å². The minimum Gasteiger partial charge on any atom is -0.496 e. The lowest BCUT2D eigenvalue weighted by molar-refractivity contribution is -0.0191. The minimum absolute atomic E-state index is 0.0252. The summed E-state index contributed by atoms with van der Waals surface area (Å²) in [7, 11) is 1.64. The number of nitrogens with zero attached hydrogens (tertiary/aromatic N) is 2. The van der Waals surface area contributed by atoms with Crippen LogP contribution in [0.15, 0.2) is 74.7 Å². The normalized spacial score (nSPS) is 19.6. The first-order valence-corrected chi connectivity index (χ1v) is 11.0. The molecule has 0 saturated carbocycles. The number of hydrogen-bond acceptors (Lipinski definition) is 4. The maximum Gasteiger partial charge on any atom is 0.213 e. The summed E-state index contributed by atoms with van der Waals surface area (Å²) in [6.45, 7) is 0. The largest absolute Gasteiger partial charge is 0.496 e. The third-order valence-electron chi connectivity index (χ3n) is 5.39. The van der Waals surface area contributed by atoms with Crippen LogP contribution in [0.4, 0.5) is 4.39 Å². The van der Waals surface area contributed by atoms with Gasteiger partial charge in [-0.2, -0.15) is 5.10 Å². The highest BCUT2D eigenvalue weighted by molar-refractivity contribution is 9.10. The van der Waals surface area contributed by atoms with E-state index in [9.17, 15) is 4.39 Å².